The molecular weight excluding hydrogens is 354 g/mol. The van der Waals surface area contributed by atoms with Crippen LogP contribution in [0.3, 0.4) is 0 Å². The van der Waals surface area contributed by atoms with Crippen LogP contribution in [-0.4, -0.2) is 19.0 Å². The van der Waals surface area contributed by atoms with E-state index in [0.29, 0.717) is 11.6 Å². The van der Waals surface area contributed by atoms with Gasteiger partial charge in [0.25, 0.3) is 0 Å². The fraction of sp³-hybridized carbons (Fsp3) is 0.0667. The summed E-state index contributed by atoms with van der Waals surface area (Å²) in [7, 11) is 1.58. The molecule has 0 aliphatic carbocycles. The number of esters is 1. The van der Waals surface area contributed by atoms with E-state index in [1.165, 1.54) is 11.3 Å². The molecule has 1 aliphatic heterocycles. The smallest absolute Gasteiger partial charge is 0.363 e. The number of benzene rings is 1. The zero-order chi connectivity index (χ0) is 14.8. The number of nitrogens with zero attached hydrogens (tertiary/aromatic N) is 1. The van der Waals surface area contributed by atoms with Crippen LogP contribution in [0.4, 0.5) is 0 Å². The Balaban J connectivity index is 2.00. The maximum Gasteiger partial charge on any atom is 0.363 e. The number of hydrogen-bond acceptors (Lipinski definition) is 5. The minimum atomic E-state index is -0.458. The lowest BCUT2D eigenvalue weighted by atomic mass is 10.1. The number of rotatable bonds is 3. The van der Waals surface area contributed by atoms with Gasteiger partial charge in [0.15, 0.2) is 5.70 Å². The molecule has 0 unspecified atom stereocenters. The van der Waals surface area contributed by atoms with Crippen LogP contribution in [0.5, 0.6) is 5.75 Å². The van der Waals surface area contributed by atoms with Crippen LogP contribution in [0.25, 0.3) is 6.08 Å². The summed E-state index contributed by atoms with van der Waals surface area (Å²) < 4.78 is 11.4. The van der Waals surface area contributed by atoms with Crippen LogP contribution < -0.4 is 4.74 Å². The predicted octanol–water partition coefficient (Wildman–Crippen LogP) is 3.86. The summed E-state index contributed by atoms with van der Waals surface area (Å²) in [6, 6.07) is 9.29. The van der Waals surface area contributed by atoms with E-state index in [4.69, 9.17) is 9.47 Å². The van der Waals surface area contributed by atoms with E-state index in [1.807, 2.05) is 35.7 Å². The molecule has 0 saturated carbocycles. The normalized spacial score (nSPS) is 16.0. The highest BCUT2D eigenvalue weighted by molar-refractivity contribution is 9.10. The van der Waals surface area contributed by atoms with Gasteiger partial charge in [-0.05, 0) is 35.7 Å². The molecule has 3 rings (SSSR count). The third-order valence-corrected chi connectivity index (χ3v) is 4.19. The van der Waals surface area contributed by atoms with Gasteiger partial charge in [-0.2, -0.15) is 0 Å². The maximum atomic E-state index is 11.9. The number of ether oxygens (including phenoxy) is 2. The number of hydrogen-bond donors (Lipinski definition) is 0. The summed E-state index contributed by atoms with van der Waals surface area (Å²) in [4.78, 5) is 17.0. The topological polar surface area (TPSA) is 47.9 Å². The molecule has 1 aromatic carbocycles. The van der Waals surface area contributed by atoms with Crippen LogP contribution in [-0.2, 0) is 9.53 Å². The Kier molecular flexibility index (Phi) is 3.90. The van der Waals surface area contributed by atoms with Crippen molar-refractivity contribution in [2.45, 2.75) is 0 Å². The molecule has 106 valence electrons. The van der Waals surface area contributed by atoms with Gasteiger partial charge in [0.1, 0.15) is 5.75 Å². The number of methoxy groups -OCH3 is 1. The van der Waals surface area contributed by atoms with E-state index >= 15 is 0 Å². The molecule has 0 fully saturated rings. The Morgan fingerprint density at radius 3 is 2.95 bits per heavy atom. The molecule has 4 nitrogen and oxygen atoms in total. The summed E-state index contributed by atoms with van der Waals surface area (Å²) in [6.07, 6.45) is 1.66. The second-order valence-electron chi connectivity index (χ2n) is 4.20. The van der Waals surface area contributed by atoms with Gasteiger partial charge in [-0.3, -0.25) is 0 Å². The third-order valence-electron chi connectivity index (χ3n) is 2.84. The second-order valence-corrected chi connectivity index (χ2v) is 6.06. The van der Waals surface area contributed by atoms with Crippen molar-refractivity contribution in [3.05, 3.63) is 56.3 Å². The highest BCUT2D eigenvalue weighted by atomic mass is 79.9. The van der Waals surface area contributed by atoms with E-state index in [1.54, 1.807) is 13.2 Å². The van der Waals surface area contributed by atoms with E-state index in [9.17, 15) is 4.79 Å². The average Bonchev–Trinajstić information content (AvgIpc) is 3.10. The largest absolute Gasteiger partial charge is 0.496 e. The van der Waals surface area contributed by atoms with Gasteiger partial charge in [-0.15, -0.1) is 11.3 Å². The fourth-order valence-corrected chi connectivity index (χ4v) is 2.91. The molecule has 0 atom stereocenters. The van der Waals surface area contributed by atoms with Gasteiger partial charge in [0.05, 0.1) is 12.0 Å². The SMILES string of the molecule is COc1ccc(Br)cc1/C=C1\N=C(c2cccs2)OC1=O. The van der Waals surface area contributed by atoms with Gasteiger partial charge in [0, 0.05) is 10.0 Å². The van der Waals surface area contributed by atoms with Crippen LogP contribution in [0.1, 0.15) is 10.4 Å². The Morgan fingerprint density at radius 2 is 2.24 bits per heavy atom. The molecule has 0 N–H and O–H groups in total. The van der Waals surface area contributed by atoms with E-state index in [2.05, 4.69) is 20.9 Å². The van der Waals surface area contributed by atoms with Gasteiger partial charge < -0.3 is 9.47 Å². The minimum absolute atomic E-state index is 0.259. The molecule has 0 radical (unpaired) electrons. The number of thiophene rings is 1. The van der Waals surface area contributed by atoms with Crippen molar-refractivity contribution in [1.82, 2.24) is 0 Å². The van der Waals surface area contributed by atoms with Gasteiger partial charge in [0.2, 0.25) is 5.90 Å². The number of carbonyl (C=O) groups excluding carboxylic acids is 1. The van der Waals surface area contributed by atoms with Crippen molar-refractivity contribution in [2.75, 3.05) is 7.11 Å². The van der Waals surface area contributed by atoms with E-state index in [0.717, 1.165) is 14.9 Å². The molecule has 0 bridgehead atoms. The van der Waals surface area contributed by atoms with E-state index < -0.39 is 5.97 Å². The minimum Gasteiger partial charge on any atom is -0.496 e. The lowest BCUT2D eigenvalue weighted by Crippen LogP contribution is -2.03. The first-order chi connectivity index (χ1) is 10.2. The van der Waals surface area contributed by atoms with Gasteiger partial charge >= 0.3 is 5.97 Å². The Bertz CT molecular complexity index is 750. The average molecular weight is 364 g/mol. The van der Waals surface area contributed by atoms with Crippen molar-refractivity contribution in [3.8, 4) is 5.75 Å². The van der Waals surface area contributed by atoms with Gasteiger partial charge in [-0.25, -0.2) is 9.79 Å². The lowest BCUT2D eigenvalue weighted by molar-refractivity contribution is -0.129. The predicted molar refractivity (Wildman–Crippen MR) is 85.6 cm³/mol. The van der Waals surface area contributed by atoms with Crippen molar-refractivity contribution >= 4 is 45.2 Å². The summed E-state index contributed by atoms with van der Waals surface area (Å²) in [5.41, 5.74) is 1.02. The Hall–Kier alpha value is -1.92. The lowest BCUT2D eigenvalue weighted by Gasteiger charge is -2.04. The molecule has 6 heteroatoms. The summed E-state index contributed by atoms with van der Waals surface area (Å²) in [5, 5.41) is 1.91. The van der Waals surface area contributed by atoms with Crippen molar-refractivity contribution < 1.29 is 14.3 Å². The highest BCUT2D eigenvalue weighted by Gasteiger charge is 2.25. The van der Waals surface area contributed by atoms with Crippen LogP contribution in [0.2, 0.25) is 0 Å². The zero-order valence-corrected chi connectivity index (χ0v) is 13.4. The number of carbonyl (C=O) groups is 1. The van der Waals surface area contributed by atoms with E-state index in [-0.39, 0.29) is 5.70 Å². The van der Waals surface area contributed by atoms with Crippen molar-refractivity contribution in [1.29, 1.82) is 0 Å². The van der Waals surface area contributed by atoms with Crippen molar-refractivity contribution in [3.63, 3.8) is 0 Å². The monoisotopic (exact) mass is 363 g/mol. The number of halogens is 1. The quantitative estimate of drug-likeness (QED) is 0.614. The zero-order valence-electron chi connectivity index (χ0n) is 11.0. The molecular formula is C15H10BrNO3S. The van der Waals surface area contributed by atoms with Crippen LogP contribution in [0, 0.1) is 0 Å². The summed E-state index contributed by atoms with van der Waals surface area (Å²) >= 11 is 4.87. The first-order valence-corrected chi connectivity index (χ1v) is 7.74. The Labute approximate surface area is 133 Å². The molecule has 2 aromatic rings. The van der Waals surface area contributed by atoms with Crippen LogP contribution >= 0.6 is 27.3 Å². The Morgan fingerprint density at radius 1 is 1.38 bits per heavy atom. The fourth-order valence-electron chi connectivity index (χ4n) is 1.88. The molecule has 21 heavy (non-hydrogen) atoms. The molecule has 0 saturated heterocycles. The van der Waals surface area contributed by atoms with Crippen LogP contribution in [0.15, 0.2) is 50.9 Å². The molecule has 1 aliphatic rings. The van der Waals surface area contributed by atoms with Crippen molar-refractivity contribution in [2.24, 2.45) is 4.99 Å². The highest BCUT2D eigenvalue weighted by Crippen LogP contribution is 2.27. The summed E-state index contributed by atoms with van der Waals surface area (Å²) in [6.45, 7) is 0. The number of cyclic esters (lactones) is 1. The maximum absolute atomic E-state index is 11.9. The summed E-state index contributed by atoms with van der Waals surface area (Å²) in [5.74, 6) is 0.550. The van der Waals surface area contributed by atoms with Gasteiger partial charge in [-0.1, -0.05) is 22.0 Å². The second kappa shape index (κ2) is 5.83. The molecule has 1 aromatic heterocycles. The molecule has 0 amide bonds. The number of aliphatic imine (C=N–C) groups is 1. The third kappa shape index (κ3) is 2.91. The molecule has 0 spiro atoms. The first-order valence-electron chi connectivity index (χ1n) is 6.07. The molecule has 2 heterocycles. The standard InChI is InChI=1S/C15H10BrNO3S/c1-19-12-5-4-10(16)7-9(12)8-11-15(18)20-14(17-11)13-3-2-6-21-13/h2-8H,1H3/b11-8-. The first kappa shape index (κ1) is 14.0.